The zero-order valence-electron chi connectivity index (χ0n) is 10.00. The second-order valence-electron chi connectivity index (χ2n) is 4.32. The van der Waals surface area contributed by atoms with Crippen LogP contribution in [0.25, 0.3) is 11.4 Å². The summed E-state index contributed by atoms with van der Waals surface area (Å²) in [5.41, 5.74) is 8.27. The molecule has 0 saturated carbocycles. The molecule has 90 valence electrons. The van der Waals surface area contributed by atoms with Crippen molar-refractivity contribution in [1.29, 1.82) is 0 Å². The van der Waals surface area contributed by atoms with Gasteiger partial charge in [0, 0.05) is 12.1 Å². The summed E-state index contributed by atoms with van der Waals surface area (Å²) in [6.45, 7) is 4.53. The Bertz CT molecular complexity index is 517. The van der Waals surface area contributed by atoms with Gasteiger partial charge in [-0.15, -0.1) is 0 Å². The zero-order valence-corrected chi connectivity index (χ0v) is 10.00. The normalized spacial score (nSPS) is 11.1. The summed E-state index contributed by atoms with van der Waals surface area (Å²) in [7, 11) is 0. The Labute approximate surface area is 99.9 Å². The largest absolute Gasteiger partial charge is 0.341 e. The summed E-state index contributed by atoms with van der Waals surface area (Å²) in [6, 6.07) is 6.37. The summed E-state index contributed by atoms with van der Waals surface area (Å²) in [4.78, 5) is 7.64. The molecule has 2 rings (SSSR count). The highest BCUT2D eigenvalue weighted by Gasteiger charge is 2.13. The van der Waals surface area contributed by atoms with Gasteiger partial charge in [-0.2, -0.15) is 0 Å². The van der Waals surface area contributed by atoms with Crippen LogP contribution in [0.2, 0.25) is 0 Å². The van der Waals surface area contributed by atoms with E-state index in [0.717, 1.165) is 17.0 Å². The molecular formula is C13H16FN3. The summed E-state index contributed by atoms with van der Waals surface area (Å²) in [6.07, 6.45) is 0. The maximum atomic E-state index is 13.1. The highest BCUT2D eigenvalue weighted by molar-refractivity contribution is 5.56. The number of hydrogen-bond donors (Lipinski definition) is 2. The fraction of sp³-hybridized carbons (Fsp3) is 0.308. The monoisotopic (exact) mass is 233 g/mol. The van der Waals surface area contributed by atoms with E-state index in [4.69, 9.17) is 5.73 Å². The van der Waals surface area contributed by atoms with Crippen LogP contribution >= 0.6 is 0 Å². The average Bonchev–Trinajstić information content (AvgIpc) is 2.73. The van der Waals surface area contributed by atoms with Gasteiger partial charge in [0.15, 0.2) is 0 Å². The first kappa shape index (κ1) is 11.8. The van der Waals surface area contributed by atoms with Crippen molar-refractivity contribution in [2.24, 2.45) is 5.73 Å². The maximum absolute atomic E-state index is 13.1. The van der Waals surface area contributed by atoms with Gasteiger partial charge < -0.3 is 10.7 Å². The number of benzene rings is 1. The maximum Gasteiger partial charge on any atom is 0.137 e. The Morgan fingerprint density at radius 3 is 2.71 bits per heavy atom. The second kappa shape index (κ2) is 4.67. The smallest absolute Gasteiger partial charge is 0.137 e. The van der Waals surface area contributed by atoms with Crippen LogP contribution in [0.15, 0.2) is 24.3 Å². The average molecular weight is 233 g/mol. The number of H-pyrrole nitrogens is 1. The highest BCUT2D eigenvalue weighted by atomic mass is 19.1. The molecule has 0 fully saturated rings. The van der Waals surface area contributed by atoms with E-state index in [-0.39, 0.29) is 5.82 Å². The fourth-order valence-corrected chi connectivity index (χ4v) is 1.83. The van der Waals surface area contributed by atoms with Gasteiger partial charge in [0.25, 0.3) is 0 Å². The Morgan fingerprint density at radius 1 is 1.41 bits per heavy atom. The first-order chi connectivity index (χ1) is 8.11. The summed E-state index contributed by atoms with van der Waals surface area (Å²) >= 11 is 0. The lowest BCUT2D eigenvalue weighted by Gasteiger charge is -2.01. The van der Waals surface area contributed by atoms with E-state index in [1.807, 2.05) is 6.07 Å². The van der Waals surface area contributed by atoms with Crippen LogP contribution in [0.4, 0.5) is 4.39 Å². The van der Waals surface area contributed by atoms with Gasteiger partial charge >= 0.3 is 0 Å². The van der Waals surface area contributed by atoms with Crippen LogP contribution < -0.4 is 5.73 Å². The van der Waals surface area contributed by atoms with Crippen LogP contribution in [-0.2, 0) is 6.54 Å². The topological polar surface area (TPSA) is 54.7 Å². The van der Waals surface area contributed by atoms with E-state index < -0.39 is 0 Å². The molecule has 0 aliphatic rings. The van der Waals surface area contributed by atoms with E-state index in [1.54, 1.807) is 6.07 Å². The van der Waals surface area contributed by atoms with Gasteiger partial charge in [-0.25, -0.2) is 9.37 Å². The second-order valence-corrected chi connectivity index (χ2v) is 4.32. The fourth-order valence-electron chi connectivity index (χ4n) is 1.83. The number of nitrogens with one attached hydrogen (secondary N) is 1. The van der Waals surface area contributed by atoms with E-state index in [9.17, 15) is 4.39 Å². The molecule has 17 heavy (non-hydrogen) atoms. The van der Waals surface area contributed by atoms with Gasteiger partial charge in [-0.3, -0.25) is 0 Å². The molecule has 0 amide bonds. The van der Waals surface area contributed by atoms with Crippen LogP contribution in [-0.4, -0.2) is 9.97 Å². The van der Waals surface area contributed by atoms with Crippen LogP contribution in [0.3, 0.4) is 0 Å². The standard InChI is InChI=1S/C13H16FN3/c1-8(2)12-11(7-15)16-13(17-12)9-4-3-5-10(14)6-9/h3-6,8H,7,15H2,1-2H3,(H,16,17). The Kier molecular flexibility index (Phi) is 3.24. The minimum Gasteiger partial charge on any atom is -0.341 e. The Balaban J connectivity index is 2.46. The van der Waals surface area contributed by atoms with Crippen molar-refractivity contribution in [3.8, 4) is 11.4 Å². The Morgan fingerprint density at radius 2 is 2.18 bits per heavy atom. The highest BCUT2D eigenvalue weighted by Crippen LogP contribution is 2.23. The van der Waals surface area contributed by atoms with Crippen LogP contribution in [0.5, 0.6) is 0 Å². The number of imidazole rings is 1. The molecule has 0 aliphatic heterocycles. The first-order valence-electron chi connectivity index (χ1n) is 5.66. The molecule has 3 nitrogen and oxygen atoms in total. The van der Waals surface area contributed by atoms with Gasteiger partial charge in [0.2, 0.25) is 0 Å². The predicted octanol–water partition coefficient (Wildman–Crippen LogP) is 2.80. The third kappa shape index (κ3) is 2.36. The lowest BCUT2D eigenvalue weighted by Crippen LogP contribution is -2.02. The van der Waals surface area contributed by atoms with E-state index in [1.165, 1.54) is 12.1 Å². The Hall–Kier alpha value is -1.68. The number of halogens is 1. The van der Waals surface area contributed by atoms with Gasteiger partial charge in [0.05, 0.1) is 11.4 Å². The lowest BCUT2D eigenvalue weighted by atomic mass is 10.1. The minimum atomic E-state index is -0.265. The molecule has 4 heteroatoms. The number of hydrogen-bond acceptors (Lipinski definition) is 2. The molecule has 0 atom stereocenters. The van der Waals surface area contributed by atoms with Gasteiger partial charge in [0.1, 0.15) is 11.6 Å². The molecular weight excluding hydrogens is 217 g/mol. The van der Waals surface area contributed by atoms with Crippen molar-refractivity contribution >= 4 is 0 Å². The van der Waals surface area contributed by atoms with Crippen LogP contribution in [0.1, 0.15) is 31.2 Å². The first-order valence-corrected chi connectivity index (χ1v) is 5.66. The van der Waals surface area contributed by atoms with Crippen molar-refractivity contribution < 1.29 is 4.39 Å². The van der Waals surface area contributed by atoms with E-state index in [2.05, 4.69) is 23.8 Å². The number of nitrogens with zero attached hydrogens (tertiary/aromatic N) is 1. The van der Waals surface area contributed by atoms with Crippen molar-refractivity contribution in [3.63, 3.8) is 0 Å². The van der Waals surface area contributed by atoms with Gasteiger partial charge in [-0.05, 0) is 18.1 Å². The third-order valence-corrected chi connectivity index (χ3v) is 2.66. The molecule has 0 unspecified atom stereocenters. The molecule has 2 aromatic rings. The van der Waals surface area contributed by atoms with E-state index >= 15 is 0 Å². The molecule has 0 spiro atoms. The molecule has 0 aliphatic carbocycles. The quantitative estimate of drug-likeness (QED) is 0.856. The molecule has 1 aromatic carbocycles. The number of rotatable bonds is 3. The molecule has 3 N–H and O–H groups in total. The SMILES string of the molecule is CC(C)c1nc(-c2cccc(F)c2)[nH]c1CN. The lowest BCUT2D eigenvalue weighted by molar-refractivity contribution is 0.628. The van der Waals surface area contributed by atoms with Crippen molar-refractivity contribution in [2.75, 3.05) is 0 Å². The minimum absolute atomic E-state index is 0.265. The van der Waals surface area contributed by atoms with Crippen molar-refractivity contribution in [3.05, 3.63) is 41.5 Å². The number of aromatic amines is 1. The number of nitrogens with two attached hydrogens (primary N) is 1. The molecule has 1 heterocycles. The van der Waals surface area contributed by atoms with Crippen molar-refractivity contribution in [2.45, 2.75) is 26.3 Å². The van der Waals surface area contributed by atoms with Gasteiger partial charge in [-0.1, -0.05) is 26.0 Å². The summed E-state index contributed by atoms with van der Waals surface area (Å²) < 4.78 is 13.1. The molecule has 0 radical (unpaired) electrons. The molecule has 0 saturated heterocycles. The van der Waals surface area contributed by atoms with Crippen molar-refractivity contribution in [1.82, 2.24) is 9.97 Å². The van der Waals surface area contributed by atoms with Crippen LogP contribution in [0, 0.1) is 5.82 Å². The molecule has 1 aromatic heterocycles. The van der Waals surface area contributed by atoms with E-state index in [0.29, 0.717) is 18.3 Å². The summed E-state index contributed by atoms with van der Waals surface area (Å²) in [5, 5.41) is 0. The number of aromatic nitrogens is 2. The third-order valence-electron chi connectivity index (χ3n) is 2.66. The summed E-state index contributed by atoms with van der Waals surface area (Å²) in [5.74, 6) is 0.708. The molecule has 0 bridgehead atoms. The zero-order chi connectivity index (χ0) is 12.4. The predicted molar refractivity (Wildman–Crippen MR) is 66.0 cm³/mol.